The zero-order chi connectivity index (χ0) is 18.8. The van der Waals surface area contributed by atoms with Crippen LogP contribution >= 0.6 is 0 Å². The zero-order valence-corrected chi connectivity index (χ0v) is 14.9. The fraction of sp³-hybridized carbons (Fsp3) is 0.190. The van der Waals surface area contributed by atoms with Crippen molar-refractivity contribution in [2.75, 3.05) is 12.0 Å². The molecule has 1 aromatic heterocycles. The molecule has 1 atom stereocenters. The van der Waals surface area contributed by atoms with Crippen molar-refractivity contribution >= 4 is 17.5 Å². The van der Waals surface area contributed by atoms with E-state index in [2.05, 4.69) is 5.10 Å². The number of nitrogens with zero attached hydrogens (tertiary/aromatic N) is 3. The third-order valence-electron chi connectivity index (χ3n) is 4.72. The van der Waals surface area contributed by atoms with Gasteiger partial charge in [-0.05, 0) is 23.3 Å². The van der Waals surface area contributed by atoms with Crippen molar-refractivity contribution in [3.63, 3.8) is 0 Å². The van der Waals surface area contributed by atoms with Crippen LogP contribution in [0.25, 0.3) is 0 Å². The summed E-state index contributed by atoms with van der Waals surface area (Å²) in [6.07, 6.45) is 0.544. The van der Waals surface area contributed by atoms with Gasteiger partial charge in [-0.1, -0.05) is 48.5 Å². The highest BCUT2D eigenvalue weighted by Crippen LogP contribution is 2.37. The summed E-state index contributed by atoms with van der Waals surface area (Å²) < 4.78 is 6.41. The van der Waals surface area contributed by atoms with Crippen LogP contribution in [0.3, 0.4) is 0 Å². The van der Waals surface area contributed by atoms with Gasteiger partial charge in [0.1, 0.15) is 6.04 Å². The number of hydrogen-bond acceptors (Lipinski definition) is 5. The molecule has 6 nitrogen and oxygen atoms in total. The first-order valence-corrected chi connectivity index (χ1v) is 8.74. The summed E-state index contributed by atoms with van der Waals surface area (Å²) in [7, 11) is 1.38. The Kier molecular flexibility index (Phi) is 4.46. The van der Waals surface area contributed by atoms with E-state index >= 15 is 0 Å². The molecule has 6 heteroatoms. The van der Waals surface area contributed by atoms with Gasteiger partial charge in [0.05, 0.1) is 13.7 Å². The van der Waals surface area contributed by atoms with Gasteiger partial charge in [0.2, 0.25) is 0 Å². The number of benzene rings is 2. The van der Waals surface area contributed by atoms with Crippen LogP contribution in [0.1, 0.15) is 11.1 Å². The molecule has 0 fully saturated rings. The second kappa shape index (κ2) is 7.07. The predicted octanol–water partition coefficient (Wildman–Crippen LogP) is 2.53. The molecule has 0 radical (unpaired) electrons. The summed E-state index contributed by atoms with van der Waals surface area (Å²) in [6, 6.07) is 20.1. The number of ether oxygens (including phenoxy) is 1. The van der Waals surface area contributed by atoms with E-state index in [9.17, 15) is 9.59 Å². The molecule has 0 aliphatic carbocycles. The number of fused-ring (bicyclic) bond motifs is 1. The highest BCUT2D eigenvalue weighted by atomic mass is 16.5. The molecule has 0 amide bonds. The number of carbonyl (C=O) groups is 1. The highest BCUT2D eigenvalue weighted by molar-refractivity contribution is 5.87. The van der Waals surface area contributed by atoms with Crippen LogP contribution < -0.4 is 10.5 Å². The number of rotatable bonds is 4. The van der Waals surface area contributed by atoms with Crippen LogP contribution in [-0.4, -0.2) is 28.9 Å². The third kappa shape index (κ3) is 3.21. The fourth-order valence-electron chi connectivity index (χ4n) is 3.43. The molecule has 27 heavy (non-hydrogen) atoms. The molecule has 4 rings (SSSR count). The summed E-state index contributed by atoms with van der Waals surface area (Å²) in [4.78, 5) is 26.5. The van der Waals surface area contributed by atoms with E-state index < -0.39 is 6.04 Å². The number of anilines is 2. The highest BCUT2D eigenvalue weighted by Gasteiger charge is 2.37. The lowest BCUT2D eigenvalue weighted by Crippen LogP contribution is -2.38. The topological polar surface area (TPSA) is 64.4 Å². The van der Waals surface area contributed by atoms with E-state index in [1.165, 1.54) is 17.9 Å². The molecule has 0 bridgehead atoms. The molecule has 0 spiro atoms. The van der Waals surface area contributed by atoms with Gasteiger partial charge in [-0.3, -0.25) is 4.79 Å². The second-order valence-corrected chi connectivity index (χ2v) is 6.41. The summed E-state index contributed by atoms with van der Waals surface area (Å²) in [5.41, 5.74) is 2.75. The van der Waals surface area contributed by atoms with Crippen LogP contribution in [0.4, 0.5) is 11.5 Å². The number of methoxy groups -OCH3 is 1. The van der Waals surface area contributed by atoms with Gasteiger partial charge in [0.25, 0.3) is 5.56 Å². The van der Waals surface area contributed by atoms with E-state index in [-0.39, 0.29) is 11.5 Å². The lowest BCUT2D eigenvalue weighted by atomic mass is 10.1. The molecular weight excluding hydrogens is 342 g/mol. The molecule has 136 valence electrons. The molecule has 2 aromatic carbocycles. The molecule has 1 aliphatic rings. The van der Waals surface area contributed by atoms with E-state index in [1.807, 2.05) is 59.5 Å². The average molecular weight is 361 g/mol. The smallest absolute Gasteiger partial charge is 0.329 e. The Labute approximate surface area is 156 Å². The van der Waals surface area contributed by atoms with E-state index in [0.29, 0.717) is 18.8 Å². The molecule has 0 N–H and O–H groups in total. The van der Waals surface area contributed by atoms with Gasteiger partial charge >= 0.3 is 5.97 Å². The maximum absolute atomic E-state index is 12.3. The fourth-order valence-corrected chi connectivity index (χ4v) is 3.43. The summed E-state index contributed by atoms with van der Waals surface area (Å²) >= 11 is 0. The summed E-state index contributed by atoms with van der Waals surface area (Å²) in [5, 5.41) is 4.54. The van der Waals surface area contributed by atoms with Crippen molar-refractivity contribution in [3.8, 4) is 0 Å². The molecule has 0 unspecified atom stereocenters. The largest absolute Gasteiger partial charge is 0.467 e. The normalized spacial score (nSPS) is 15.4. The molecule has 0 saturated carbocycles. The Morgan fingerprint density at radius 2 is 1.81 bits per heavy atom. The van der Waals surface area contributed by atoms with Crippen molar-refractivity contribution < 1.29 is 9.53 Å². The van der Waals surface area contributed by atoms with Gasteiger partial charge < -0.3 is 9.64 Å². The van der Waals surface area contributed by atoms with Crippen LogP contribution in [0.15, 0.2) is 71.5 Å². The molecular formula is C21H19N3O3. The first-order chi connectivity index (χ1) is 13.2. The molecule has 2 heterocycles. The number of hydrogen-bond donors (Lipinski definition) is 0. The maximum atomic E-state index is 12.3. The molecule has 1 aliphatic heterocycles. The quantitative estimate of drug-likeness (QED) is 0.668. The standard InChI is InChI=1S/C21H19N3O3/c1-27-21(26)18-13-16-9-5-6-10-17(16)24(18)19-11-12-20(25)23(22-19)14-15-7-3-2-4-8-15/h2-12,18H,13-14H2,1H3/t18-/m0/s1. The van der Waals surface area contributed by atoms with Crippen molar-refractivity contribution in [3.05, 3.63) is 88.2 Å². The first kappa shape index (κ1) is 17.0. The number of para-hydroxylation sites is 1. The lowest BCUT2D eigenvalue weighted by Gasteiger charge is -2.25. The Balaban J connectivity index is 1.76. The SMILES string of the molecule is COC(=O)[C@@H]1Cc2ccccc2N1c1ccc(=O)n(Cc2ccccc2)n1. The van der Waals surface area contributed by atoms with E-state index in [0.717, 1.165) is 16.8 Å². The third-order valence-corrected chi connectivity index (χ3v) is 4.72. The first-order valence-electron chi connectivity index (χ1n) is 8.74. The van der Waals surface area contributed by atoms with Crippen LogP contribution in [0, 0.1) is 0 Å². The van der Waals surface area contributed by atoms with Crippen LogP contribution in [-0.2, 0) is 22.5 Å². The Bertz CT molecular complexity index is 1030. The lowest BCUT2D eigenvalue weighted by molar-refractivity contribution is -0.141. The van der Waals surface area contributed by atoms with Crippen molar-refractivity contribution in [2.45, 2.75) is 19.0 Å². The number of carbonyl (C=O) groups excluding carboxylic acids is 1. The Morgan fingerprint density at radius 3 is 2.59 bits per heavy atom. The molecule has 0 saturated heterocycles. The van der Waals surface area contributed by atoms with Crippen molar-refractivity contribution in [1.82, 2.24) is 9.78 Å². The Morgan fingerprint density at radius 1 is 1.07 bits per heavy atom. The average Bonchev–Trinajstić information content (AvgIpc) is 3.09. The van der Waals surface area contributed by atoms with E-state index in [4.69, 9.17) is 4.74 Å². The minimum Gasteiger partial charge on any atom is -0.467 e. The van der Waals surface area contributed by atoms with Gasteiger partial charge in [-0.2, -0.15) is 5.10 Å². The molecule has 3 aromatic rings. The zero-order valence-electron chi connectivity index (χ0n) is 14.9. The van der Waals surface area contributed by atoms with Gasteiger partial charge in [-0.25, -0.2) is 9.48 Å². The summed E-state index contributed by atoms with van der Waals surface area (Å²) in [5.74, 6) is 0.222. The van der Waals surface area contributed by atoms with Gasteiger partial charge in [-0.15, -0.1) is 0 Å². The van der Waals surface area contributed by atoms with Gasteiger partial charge in [0.15, 0.2) is 5.82 Å². The van der Waals surface area contributed by atoms with Crippen molar-refractivity contribution in [2.24, 2.45) is 0 Å². The maximum Gasteiger partial charge on any atom is 0.329 e. The minimum atomic E-state index is -0.498. The van der Waals surface area contributed by atoms with E-state index in [1.54, 1.807) is 6.07 Å². The van der Waals surface area contributed by atoms with Crippen molar-refractivity contribution in [1.29, 1.82) is 0 Å². The summed E-state index contributed by atoms with van der Waals surface area (Å²) in [6.45, 7) is 0.367. The van der Waals surface area contributed by atoms with Crippen LogP contribution in [0.5, 0.6) is 0 Å². The van der Waals surface area contributed by atoms with Crippen LogP contribution in [0.2, 0.25) is 0 Å². The minimum absolute atomic E-state index is 0.190. The van der Waals surface area contributed by atoms with Gasteiger partial charge in [0, 0.05) is 18.2 Å². The number of esters is 1. The Hall–Kier alpha value is -3.41. The predicted molar refractivity (Wildman–Crippen MR) is 102 cm³/mol. The second-order valence-electron chi connectivity index (χ2n) is 6.41. The monoisotopic (exact) mass is 361 g/mol. The number of aromatic nitrogens is 2.